The van der Waals surface area contributed by atoms with Gasteiger partial charge < -0.3 is 35.3 Å². The summed E-state index contributed by atoms with van der Waals surface area (Å²) in [5.74, 6) is -1.05. The van der Waals surface area contributed by atoms with Crippen LogP contribution < -0.4 is 10.5 Å². The van der Waals surface area contributed by atoms with Crippen molar-refractivity contribution in [1.82, 2.24) is 40.1 Å². The number of anilines is 1. The number of aromatic amines is 1. The van der Waals surface area contributed by atoms with Crippen LogP contribution in [0.25, 0.3) is 11.2 Å². The van der Waals surface area contributed by atoms with Gasteiger partial charge in [0.2, 0.25) is 16.7 Å². The molecule has 0 saturated carbocycles. The summed E-state index contributed by atoms with van der Waals surface area (Å²) in [6, 6.07) is 16.5. The normalized spacial score (nSPS) is 21.3. The van der Waals surface area contributed by atoms with E-state index in [0.717, 1.165) is 5.56 Å². The van der Waals surface area contributed by atoms with Crippen molar-refractivity contribution in [3.05, 3.63) is 83.2 Å². The minimum atomic E-state index is -2.14. The Balaban J connectivity index is 1.20. The second-order valence-corrected chi connectivity index (χ2v) is 10.4. The molecular weight excluding hydrogens is 598 g/mol. The molecule has 5 aromatic rings. The van der Waals surface area contributed by atoms with Gasteiger partial charge in [-0.25, -0.2) is 9.78 Å². The Morgan fingerprint density at radius 3 is 2.57 bits per heavy atom. The first-order valence-corrected chi connectivity index (χ1v) is 13.7. The molecule has 1 aliphatic rings. The van der Waals surface area contributed by atoms with Crippen LogP contribution in [0.1, 0.15) is 23.2 Å². The molecule has 44 heavy (non-hydrogen) atoms. The van der Waals surface area contributed by atoms with Crippen molar-refractivity contribution >= 4 is 34.6 Å². The monoisotopic (exact) mass is 623 g/mol. The Morgan fingerprint density at radius 1 is 1.09 bits per heavy atom. The molecule has 17 heteroatoms. The van der Waals surface area contributed by atoms with Crippen LogP contribution in [0.5, 0.6) is 5.75 Å². The fourth-order valence-electron chi connectivity index (χ4n) is 4.91. The lowest BCUT2D eigenvalue weighted by Crippen LogP contribution is -2.45. The van der Waals surface area contributed by atoms with E-state index >= 15 is 0 Å². The first-order valence-electron chi connectivity index (χ1n) is 13.3. The van der Waals surface area contributed by atoms with Gasteiger partial charge in [0.05, 0.1) is 12.9 Å². The molecule has 1 fully saturated rings. The molecule has 6 N–H and O–H groups in total. The number of aliphatic hydroxyl groups excluding tert-OH is 2. The average Bonchev–Trinajstić information content (AvgIpc) is 3.76. The van der Waals surface area contributed by atoms with Gasteiger partial charge >= 0.3 is 5.97 Å². The highest BCUT2D eigenvalue weighted by Crippen LogP contribution is 2.35. The zero-order chi connectivity index (χ0) is 30.8. The molecule has 4 heterocycles. The Hall–Kier alpha value is -4.74. The van der Waals surface area contributed by atoms with Crippen molar-refractivity contribution in [3.8, 4) is 5.75 Å². The summed E-state index contributed by atoms with van der Waals surface area (Å²) in [5.41, 5.74) is 5.69. The molecule has 16 nitrogen and oxygen atoms in total. The van der Waals surface area contributed by atoms with Crippen molar-refractivity contribution in [2.75, 3.05) is 12.3 Å². The number of fused-ring (bicyclic) bond motifs is 1. The van der Waals surface area contributed by atoms with E-state index in [1.165, 1.54) is 10.9 Å². The lowest BCUT2D eigenvalue weighted by atomic mass is 9.93. The lowest BCUT2D eigenvalue weighted by molar-refractivity contribution is -0.177. The van der Waals surface area contributed by atoms with Crippen LogP contribution >= 0.6 is 11.6 Å². The number of nitrogen functional groups attached to an aromatic ring is 1. The molecule has 1 unspecified atom stereocenters. The lowest BCUT2D eigenvalue weighted by Gasteiger charge is -2.28. The predicted octanol–water partition coefficient (Wildman–Crippen LogP) is 1.01. The number of carboxylic acids is 1. The van der Waals surface area contributed by atoms with Crippen LogP contribution in [0.2, 0.25) is 5.28 Å². The highest BCUT2D eigenvalue weighted by Gasteiger charge is 2.50. The molecular formula is C27H26ClN9O7. The van der Waals surface area contributed by atoms with Gasteiger partial charge in [-0.05, 0) is 34.9 Å². The van der Waals surface area contributed by atoms with Crippen LogP contribution in [0.3, 0.4) is 0 Å². The number of aliphatic hydroxyl groups is 2. The second-order valence-electron chi connectivity index (χ2n) is 10.0. The molecule has 0 radical (unpaired) electrons. The van der Waals surface area contributed by atoms with Crippen LogP contribution in [0.15, 0.2) is 60.9 Å². The summed E-state index contributed by atoms with van der Waals surface area (Å²) >= 11 is 5.95. The molecule has 0 spiro atoms. The standard InChI is InChI=1S/C27H26ClN9O7/c28-26-31-21(29)18-22(32-26)37(13-30-18)23-20(39)19(38)17(44-23)12-43-27(25(40)41,24-33-35-36-34-24)10-14-6-8-16(9-7-14)42-11-15-4-2-1-3-5-15/h1-9,13,17,19-20,23,38-39H,10-12H2,(H,40,41)(H2,29,31,32)(H,33,34,35,36)/t17-,19-,20-,23-,27?/m1/s1. The average molecular weight is 624 g/mol. The topological polar surface area (TPSA) is 230 Å². The van der Waals surface area contributed by atoms with Gasteiger partial charge in [0, 0.05) is 6.42 Å². The van der Waals surface area contributed by atoms with Crippen molar-refractivity contribution in [3.63, 3.8) is 0 Å². The first-order chi connectivity index (χ1) is 21.2. The van der Waals surface area contributed by atoms with E-state index in [-0.39, 0.29) is 34.5 Å². The molecule has 6 rings (SSSR count). The summed E-state index contributed by atoms with van der Waals surface area (Å²) in [6.07, 6.45) is -4.21. The smallest absolute Gasteiger partial charge is 0.344 e. The number of nitrogens with one attached hydrogen (secondary N) is 1. The van der Waals surface area contributed by atoms with E-state index in [2.05, 4.69) is 35.6 Å². The van der Waals surface area contributed by atoms with Crippen LogP contribution in [0.4, 0.5) is 5.82 Å². The minimum Gasteiger partial charge on any atom is -0.489 e. The zero-order valence-corrected chi connectivity index (χ0v) is 23.5. The number of carbonyl (C=O) groups is 1. The number of nitrogens with two attached hydrogens (primary N) is 1. The summed E-state index contributed by atoms with van der Waals surface area (Å²) in [4.78, 5) is 24.9. The van der Waals surface area contributed by atoms with E-state index in [9.17, 15) is 20.1 Å². The maximum Gasteiger partial charge on any atom is 0.344 e. The number of ether oxygens (including phenoxy) is 3. The van der Waals surface area contributed by atoms with E-state index in [1.54, 1.807) is 24.3 Å². The van der Waals surface area contributed by atoms with Crippen molar-refractivity contribution < 1.29 is 34.3 Å². The van der Waals surface area contributed by atoms with Gasteiger partial charge in [-0.3, -0.25) is 4.57 Å². The van der Waals surface area contributed by atoms with Gasteiger partial charge in [-0.2, -0.15) is 15.2 Å². The van der Waals surface area contributed by atoms with Gasteiger partial charge in [-0.1, -0.05) is 47.7 Å². The predicted molar refractivity (Wildman–Crippen MR) is 151 cm³/mol. The first kappa shape index (κ1) is 29.3. The fraction of sp³-hybridized carbons (Fsp3) is 0.296. The van der Waals surface area contributed by atoms with Crippen molar-refractivity contribution in [2.24, 2.45) is 0 Å². The third-order valence-electron chi connectivity index (χ3n) is 7.20. The quantitative estimate of drug-likeness (QED) is 0.129. The van der Waals surface area contributed by atoms with E-state index in [0.29, 0.717) is 17.9 Å². The van der Waals surface area contributed by atoms with E-state index < -0.39 is 42.7 Å². The number of tetrazole rings is 1. The number of carboxylic acid groups (broad SMARTS) is 1. The number of imidazole rings is 1. The molecule has 228 valence electrons. The van der Waals surface area contributed by atoms with Crippen LogP contribution in [-0.2, 0) is 32.9 Å². The molecule has 1 saturated heterocycles. The largest absolute Gasteiger partial charge is 0.489 e. The van der Waals surface area contributed by atoms with Gasteiger partial charge in [0.15, 0.2) is 17.7 Å². The Labute approximate surface area is 253 Å². The number of halogens is 1. The molecule has 2 aromatic carbocycles. The summed E-state index contributed by atoms with van der Waals surface area (Å²) in [5, 5.41) is 45.5. The number of aliphatic carboxylic acids is 1. The third-order valence-corrected chi connectivity index (χ3v) is 7.37. The third kappa shape index (κ3) is 5.63. The number of rotatable bonds is 11. The maximum atomic E-state index is 12.8. The summed E-state index contributed by atoms with van der Waals surface area (Å²) < 4.78 is 19.1. The number of aromatic nitrogens is 8. The summed E-state index contributed by atoms with van der Waals surface area (Å²) in [7, 11) is 0. The number of nitrogens with zero attached hydrogens (tertiary/aromatic N) is 7. The SMILES string of the molecule is Nc1nc(Cl)nc2c1ncn2[C@@H]1O[C@H](COC(Cc2ccc(OCc3ccccc3)cc2)(C(=O)O)c2nn[nH]n2)[C@@H](O)[C@H]1O. The molecule has 0 aliphatic carbocycles. The molecule has 3 aromatic heterocycles. The number of hydrogen-bond donors (Lipinski definition) is 5. The van der Waals surface area contributed by atoms with Crippen molar-refractivity contribution in [2.45, 2.75) is 43.2 Å². The van der Waals surface area contributed by atoms with E-state index in [1.807, 2.05) is 30.3 Å². The van der Waals surface area contributed by atoms with Gasteiger partial charge in [0.25, 0.3) is 0 Å². The van der Waals surface area contributed by atoms with Crippen LogP contribution in [-0.4, -0.2) is 86.4 Å². The Bertz CT molecular complexity index is 1740. The minimum absolute atomic E-state index is 0.0220. The van der Waals surface area contributed by atoms with Gasteiger partial charge in [0.1, 0.15) is 36.2 Å². The van der Waals surface area contributed by atoms with E-state index in [4.69, 9.17) is 31.5 Å². The van der Waals surface area contributed by atoms with Crippen molar-refractivity contribution in [1.29, 1.82) is 0 Å². The number of hydrogen-bond acceptors (Lipinski definition) is 13. The summed E-state index contributed by atoms with van der Waals surface area (Å²) in [6.45, 7) is -0.109. The zero-order valence-electron chi connectivity index (χ0n) is 22.8. The molecule has 1 aliphatic heterocycles. The number of H-pyrrole nitrogens is 1. The number of benzene rings is 2. The highest BCUT2D eigenvalue weighted by atomic mass is 35.5. The molecule has 0 bridgehead atoms. The Kier molecular flexibility index (Phi) is 8.07. The molecule has 5 atom stereocenters. The van der Waals surface area contributed by atoms with Gasteiger partial charge in [-0.15, -0.1) is 10.2 Å². The Morgan fingerprint density at radius 2 is 1.86 bits per heavy atom. The highest BCUT2D eigenvalue weighted by molar-refractivity contribution is 6.28. The second kappa shape index (κ2) is 12.1. The fourth-order valence-corrected chi connectivity index (χ4v) is 5.08. The van der Waals surface area contributed by atoms with Crippen LogP contribution in [0, 0.1) is 0 Å². The molecule has 0 amide bonds. The maximum absolute atomic E-state index is 12.8.